The first-order chi connectivity index (χ1) is 16.1. The van der Waals surface area contributed by atoms with E-state index in [2.05, 4.69) is 0 Å². The van der Waals surface area contributed by atoms with E-state index in [0.717, 1.165) is 11.0 Å². The maximum Gasteiger partial charge on any atom is 0.338 e. The molecule has 0 aliphatic carbocycles. The van der Waals surface area contributed by atoms with E-state index in [-0.39, 0.29) is 35.3 Å². The summed E-state index contributed by atoms with van der Waals surface area (Å²) in [4.78, 5) is 47.0. The Morgan fingerprint density at radius 1 is 1.06 bits per heavy atom. The number of halogens is 1. The number of nitrogens with zero attached hydrogens (tertiary/aromatic N) is 3. The Morgan fingerprint density at radius 2 is 1.62 bits per heavy atom. The third-order valence-corrected chi connectivity index (χ3v) is 5.33. The molecular weight excluding hydrogens is 466 g/mol. The van der Waals surface area contributed by atoms with Crippen LogP contribution in [0.5, 0.6) is 0 Å². The minimum Gasteiger partial charge on any atom is -0.478 e. The summed E-state index contributed by atoms with van der Waals surface area (Å²) in [6.45, 7) is 4.94. The van der Waals surface area contributed by atoms with Gasteiger partial charge in [0.25, 0.3) is 17.5 Å². The largest absolute Gasteiger partial charge is 0.478 e. The number of carbonyl (C=O) groups excluding carboxylic acids is 2. The zero-order valence-corrected chi connectivity index (χ0v) is 19.1. The Morgan fingerprint density at radius 3 is 2.12 bits per heavy atom. The highest BCUT2D eigenvalue weighted by molar-refractivity contribution is 6.31. The molecule has 2 heterocycles. The lowest BCUT2D eigenvalue weighted by molar-refractivity contribution is -0.384. The van der Waals surface area contributed by atoms with Gasteiger partial charge < -0.3 is 14.7 Å². The van der Waals surface area contributed by atoms with E-state index in [1.165, 1.54) is 24.3 Å². The summed E-state index contributed by atoms with van der Waals surface area (Å²) >= 11 is 5.69. The van der Waals surface area contributed by atoms with Crippen LogP contribution in [0.2, 0.25) is 5.02 Å². The molecule has 34 heavy (non-hydrogen) atoms. The van der Waals surface area contributed by atoms with Crippen LogP contribution in [0.1, 0.15) is 24.2 Å². The van der Waals surface area contributed by atoms with Crippen molar-refractivity contribution in [1.82, 2.24) is 0 Å². The zero-order chi connectivity index (χ0) is 25.0. The fourth-order valence-electron chi connectivity index (χ4n) is 3.70. The van der Waals surface area contributed by atoms with Crippen molar-refractivity contribution in [3.63, 3.8) is 0 Å². The fraction of sp³-hybridized carbons (Fsp3) is 0.261. The predicted octanol–water partition coefficient (Wildman–Crippen LogP) is 3.68. The lowest BCUT2D eigenvalue weighted by Crippen LogP contribution is -2.46. The van der Waals surface area contributed by atoms with Crippen LogP contribution < -0.4 is 9.80 Å². The first-order valence-electron chi connectivity index (χ1n) is 10.3. The van der Waals surface area contributed by atoms with Crippen molar-refractivity contribution in [3.05, 3.63) is 75.3 Å². The number of non-ortho nitro benzene ring substituents is 1. The van der Waals surface area contributed by atoms with Gasteiger partial charge in [-0.3, -0.25) is 19.7 Å². The van der Waals surface area contributed by atoms with Gasteiger partial charge in [0.05, 0.1) is 34.1 Å². The number of imide groups is 1. The van der Waals surface area contributed by atoms with Crippen molar-refractivity contribution in [2.24, 2.45) is 0 Å². The average Bonchev–Trinajstić information content (AvgIpc) is 3.11. The van der Waals surface area contributed by atoms with Gasteiger partial charge >= 0.3 is 5.97 Å². The molecule has 2 aromatic carbocycles. The summed E-state index contributed by atoms with van der Waals surface area (Å²) in [7, 11) is 0. The molecule has 4 rings (SSSR count). The minimum atomic E-state index is -1.17. The lowest BCUT2D eigenvalue weighted by atomic mass is 10.1. The number of nitro groups is 1. The molecule has 1 N–H and O–H groups in total. The van der Waals surface area contributed by atoms with Gasteiger partial charge in [0.2, 0.25) is 0 Å². The highest BCUT2D eigenvalue weighted by atomic mass is 35.5. The van der Waals surface area contributed by atoms with Crippen LogP contribution in [-0.4, -0.2) is 53.1 Å². The number of benzene rings is 2. The molecule has 1 fully saturated rings. The lowest BCUT2D eigenvalue weighted by Gasteiger charge is -2.37. The molecular formula is C23H22ClN3O7. The first kappa shape index (κ1) is 24.9. The van der Waals surface area contributed by atoms with E-state index >= 15 is 0 Å². The summed E-state index contributed by atoms with van der Waals surface area (Å²) in [6, 6.07) is 10.4. The Hall–Kier alpha value is -3.76. The molecule has 10 nitrogen and oxygen atoms in total. The van der Waals surface area contributed by atoms with Crippen molar-refractivity contribution in [1.29, 1.82) is 0 Å². The van der Waals surface area contributed by atoms with Crippen LogP contribution in [0.25, 0.3) is 0 Å². The minimum absolute atomic E-state index is 0.0180. The van der Waals surface area contributed by atoms with Gasteiger partial charge in [0.1, 0.15) is 0 Å². The van der Waals surface area contributed by atoms with E-state index in [4.69, 9.17) is 16.3 Å². The second-order valence-electron chi connectivity index (χ2n) is 7.75. The summed E-state index contributed by atoms with van der Waals surface area (Å²) in [5.74, 6) is -1.81. The SMILES string of the molecule is CC1CN(c2ccc([N+](=O)[O-])cc2C(=O)O)CC(C)O1.O=C1C=CC(=O)N1c1ccc(Cl)cc1. The number of carboxylic acid groups (broad SMARTS) is 1. The van der Waals surface area contributed by atoms with Gasteiger partial charge in [-0.05, 0) is 44.2 Å². The quantitative estimate of drug-likeness (QED) is 0.392. The molecule has 1 saturated heterocycles. The molecule has 2 atom stereocenters. The van der Waals surface area contributed by atoms with Gasteiger partial charge in [-0.25, -0.2) is 9.69 Å². The topological polar surface area (TPSA) is 130 Å². The van der Waals surface area contributed by atoms with Crippen LogP contribution >= 0.6 is 11.6 Å². The molecule has 11 heteroatoms. The van der Waals surface area contributed by atoms with E-state index in [9.17, 15) is 29.6 Å². The molecule has 0 spiro atoms. The summed E-state index contributed by atoms with van der Waals surface area (Å²) < 4.78 is 5.60. The maximum atomic E-state index is 11.3. The number of nitro benzene ring substituents is 1. The molecule has 2 aliphatic rings. The zero-order valence-electron chi connectivity index (χ0n) is 18.4. The normalized spacial score (nSPS) is 19.6. The van der Waals surface area contributed by atoms with Crippen molar-refractivity contribution in [2.75, 3.05) is 22.9 Å². The number of hydrogen-bond donors (Lipinski definition) is 1. The number of rotatable bonds is 4. The number of carbonyl (C=O) groups is 3. The van der Waals surface area contributed by atoms with Crippen molar-refractivity contribution in [2.45, 2.75) is 26.1 Å². The standard InChI is InChI=1S/C13H16N2O5.C10H6ClNO2/c1-8-6-14(7-9(2)20-8)12-4-3-10(15(18)19)5-11(12)13(16)17;11-7-1-3-8(4-2-7)12-9(13)5-6-10(12)14/h3-5,8-9H,6-7H2,1-2H3,(H,16,17);1-6H. The predicted molar refractivity (Wildman–Crippen MR) is 125 cm³/mol. The third-order valence-electron chi connectivity index (χ3n) is 5.08. The average molecular weight is 488 g/mol. The van der Waals surface area contributed by atoms with Crippen LogP contribution in [0.3, 0.4) is 0 Å². The van der Waals surface area contributed by atoms with E-state index < -0.39 is 10.9 Å². The molecule has 178 valence electrons. The second-order valence-corrected chi connectivity index (χ2v) is 8.18. The monoisotopic (exact) mass is 487 g/mol. The first-order valence-corrected chi connectivity index (χ1v) is 10.7. The van der Waals surface area contributed by atoms with Gasteiger partial charge in [0.15, 0.2) is 0 Å². The van der Waals surface area contributed by atoms with Crippen LogP contribution in [0, 0.1) is 10.1 Å². The van der Waals surface area contributed by atoms with Crippen LogP contribution in [0.15, 0.2) is 54.6 Å². The van der Waals surface area contributed by atoms with Gasteiger partial charge in [0, 0.05) is 42.4 Å². The molecule has 2 amide bonds. The van der Waals surface area contributed by atoms with Gasteiger partial charge in [-0.15, -0.1) is 0 Å². The summed E-state index contributed by atoms with van der Waals surface area (Å²) in [6.07, 6.45) is 2.46. The van der Waals surface area contributed by atoms with Crippen LogP contribution in [-0.2, 0) is 14.3 Å². The number of ether oxygens (including phenoxy) is 1. The Balaban J connectivity index is 0.000000202. The molecule has 0 saturated carbocycles. The number of aromatic carboxylic acids is 1. The van der Waals surface area contributed by atoms with E-state index in [1.54, 1.807) is 24.3 Å². The van der Waals surface area contributed by atoms with E-state index in [1.807, 2.05) is 18.7 Å². The van der Waals surface area contributed by atoms with Gasteiger partial charge in [-0.1, -0.05) is 11.6 Å². The number of amides is 2. The second kappa shape index (κ2) is 10.4. The number of carboxylic acids is 1. The highest BCUT2D eigenvalue weighted by Crippen LogP contribution is 2.28. The molecule has 2 aromatic rings. The number of hydrogen-bond acceptors (Lipinski definition) is 7. The maximum absolute atomic E-state index is 11.3. The molecule has 0 bridgehead atoms. The summed E-state index contributed by atoms with van der Waals surface area (Å²) in [5, 5.41) is 20.6. The van der Waals surface area contributed by atoms with Crippen LogP contribution in [0.4, 0.5) is 17.1 Å². The molecule has 0 aromatic heterocycles. The third kappa shape index (κ3) is 5.77. The van der Waals surface area contributed by atoms with E-state index in [0.29, 0.717) is 29.5 Å². The Labute approximate surface area is 200 Å². The highest BCUT2D eigenvalue weighted by Gasteiger charge is 2.27. The Bertz CT molecular complexity index is 1120. The molecule has 2 aliphatic heterocycles. The molecule has 0 radical (unpaired) electrons. The van der Waals surface area contributed by atoms with Crippen molar-refractivity contribution in [3.8, 4) is 0 Å². The fourth-order valence-corrected chi connectivity index (χ4v) is 3.83. The number of anilines is 2. The van der Waals surface area contributed by atoms with Crippen molar-refractivity contribution < 1.29 is 29.2 Å². The molecule has 2 unspecified atom stereocenters. The Kier molecular flexibility index (Phi) is 7.64. The van der Waals surface area contributed by atoms with Gasteiger partial charge in [-0.2, -0.15) is 0 Å². The summed E-state index contributed by atoms with van der Waals surface area (Å²) in [5.41, 5.74) is 0.750. The van der Waals surface area contributed by atoms with Crippen molar-refractivity contribution >= 4 is 46.4 Å². The smallest absolute Gasteiger partial charge is 0.338 e. The number of morpholine rings is 1.